The van der Waals surface area contributed by atoms with E-state index in [2.05, 4.69) is 21.2 Å². The third-order valence-corrected chi connectivity index (χ3v) is 3.21. The molecule has 0 saturated heterocycles. The van der Waals surface area contributed by atoms with Crippen molar-refractivity contribution in [3.63, 3.8) is 0 Å². The van der Waals surface area contributed by atoms with E-state index in [1.165, 1.54) is 12.1 Å². The van der Waals surface area contributed by atoms with E-state index in [-0.39, 0.29) is 18.1 Å². The normalized spacial score (nSPS) is 10.1. The zero-order valence-corrected chi connectivity index (χ0v) is 12.4. The van der Waals surface area contributed by atoms with E-state index < -0.39 is 4.92 Å². The number of hydrogen-bond acceptors (Lipinski definition) is 4. The first kappa shape index (κ1) is 15.4. The molecule has 1 rings (SSSR count). The van der Waals surface area contributed by atoms with E-state index in [1.54, 1.807) is 6.07 Å². The van der Waals surface area contributed by atoms with Crippen LogP contribution >= 0.6 is 15.9 Å². The Morgan fingerprint density at radius 3 is 2.63 bits per heavy atom. The van der Waals surface area contributed by atoms with Gasteiger partial charge >= 0.3 is 0 Å². The van der Waals surface area contributed by atoms with E-state index in [9.17, 15) is 14.9 Å². The van der Waals surface area contributed by atoms with Crippen LogP contribution in [-0.2, 0) is 4.79 Å². The first-order valence-electron chi connectivity index (χ1n) is 5.95. The third kappa shape index (κ3) is 4.20. The first-order valence-corrected chi connectivity index (χ1v) is 6.74. The number of carbonyl (C=O) groups excluding carboxylic acids is 1. The Labute approximate surface area is 120 Å². The number of carbonyl (C=O) groups is 1. The molecule has 0 spiro atoms. The van der Waals surface area contributed by atoms with Crippen molar-refractivity contribution >= 4 is 33.2 Å². The molecule has 0 bridgehead atoms. The summed E-state index contributed by atoms with van der Waals surface area (Å²) < 4.78 is 0.604. The molecular weight excluding hydrogens is 314 g/mol. The van der Waals surface area contributed by atoms with Crippen LogP contribution in [0.5, 0.6) is 0 Å². The molecular formula is C12H16BrN3O3. The van der Waals surface area contributed by atoms with Crippen LogP contribution in [0, 0.1) is 10.1 Å². The molecule has 19 heavy (non-hydrogen) atoms. The molecule has 0 fully saturated rings. The average Bonchev–Trinajstić information content (AvgIpc) is 2.36. The molecule has 0 radical (unpaired) electrons. The van der Waals surface area contributed by atoms with Gasteiger partial charge in [-0.3, -0.25) is 14.9 Å². The van der Waals surface area contributed by atoms with E-state index in [0.29, 0.717) is 17.6 Å². The van der Waals surface area contributed by atoms with Crippen LogP contribution in [0.2, 0.25) is 0 Å². The highest BCUT2D eigenvalue weighted by molar-refractivity contribution is 9.10. The van der Waals surface area contributed by atoms with E-state index >= 15 is 0 Å². The highest BCUT2D eigenvalue weighted by Crippen LogP contribution is 2.29. The molecule has 1 amide bonds. The van der Waals surface area contributed by atoms with Gasteiger partial charge in [0, 0.05) is 29.7 Å². The summed E-state index contributed by atoms with van der Waals surface area (Å²) in [5.41, 5.74) is 0.782. The molecule has 0 aliphatic heterocycles. The second-order valence-corrected chi connectivity index (χ2v) is 4.71. The summed E-state index contributed by atoms with van der Waals surface area (Å²) >= 11 is 3.31. The molecule has 104 valence electrons. The lowest BCUT2D eigenvalue weighted by molar-refractivity contribution is -0.384. The maximum absolute atomic E-state index is 11.6. The van der Waals surface area contributed by atoms with Crippen molar-refractivity contribution in [2.24, 2.45) is 0 Å². The van der Waals surface area contributed by atoms with Crippen LogP contribution < -0.4 is 10.2 Å². The van der Waals surface area contributed by atoms with Crippen molar-refractivity contribution in [2.45, 2.75) is 13.8 Å². The van der Waals surface area contributed by atoms with Gasteiger partial charge in [-0.05, 0) is 35.8 Å². The Hall–Kier alpha value is -1.63. The topological polar surface area (TPSA) is 75.5 Å². The Kier molecular flexibility index (Phi) is 5.75. The van der Waals surface area contributed by atoms with Gasteiger partial charge in [0.2, 0.25) is 5.91 Å². The van der Waals surface area contributed by atoms with Crippen molar-refractivity contribution < 1.29 is 9.72 Å². The van der Waals surface area contributed by atoms with Gasteiger partial charge in [0.05, 0.1) is 17.2 Å². The van der Waals surface area contributed by atoms with Crippen LogP contribution in [0.15, 0.2) is 22.7 Å². The van der Waals surface area contributed by atoms with Crippen molar-refractivity contribution in [1.82, 2.24) is 5.32 Å². The van der Waals surface area contributed by atoms with Crippen LogP contribution in [0.4, 0.5) is 11.4 Å². The molecule has 0 unspecified atom stereocenters. The molecule has 0 heterocycles. The quantitative estimate of drug-likeness (QED) is 0.642. The molecule has 0 atom stereocenters. The number of likely N-dealkylation sites (N-methyl/N-ethyl adjacent to an activating group) is 2. The lowest BCUT2D eigenvalue weighted by Crippen LogP contribution is -2.37. The minimum atomic E-state index is -0.450. The van der Waals surface area contributed by atoms with Gasteiger partial charge in [0.25, 0.3) is 5.69 Å². The fourth-order valence-corrected chi connectivity index (χ4v) is 2.28. The molecule has 0 aliphatic carbocycles. The Morgan fingerprint density at radius 1 is 1.47 bits per heavy atom. The largest absolute Gasteiger partial charge is 0.362 e. The fourth-order valence-electron chi connectivity index (χ4n) is 1.66. The second-order valence-electron chi connectivity index (χ2n) is 3.86. The molecule has 6 nitrogen and oxygen atoms in total. The fraction of sp³-hybridized carbons (Fsp3) is 0.417. The predicted molar refractivity (Wildman–Crippen MR) is 77.4 cm³/mol. The standard InChI is InChI=1S/C12H16BrN3O3/c1-3-14-12(17)8-15(4-2)11-6-5-9(16(18)19)7-10(11)13/h5-7H,3-4,8H2,1-2H3,(H,14,17). The predicted octanol–water partition coefficient (Wildman–Crippen LogP) is 2.32. The van der Waals surface area contributed by atoms with Gasteiger partial charge in [-0.25, -0.2) is 0 Å². The number of nitro benzene ring substituents is 1. The van der Waals surface area contributed by atoms with Crippen molar-refractivity contribution in [3.8, 4) is 0 Å². The smallest absolute Gasteiger partial charge is 0.270 e. The zero-order chi connectivity index (χ0) is 14.4. The molecule has 1 aromatic carbocycles. The van der Waals surface area contributed by atoms with Gasteiger partial charge in [0.15, 0.2) is 0 Å². The van der Waals surface area contributed by atoms with Gasteiger partial charge in [-0.2, -0.15) is 0 Å². The number of nitro groups is 1. The van der Waals surface area contributed by atoms with Crippen molar-refractivity contribution in [3.05, 3.63) is 32.8 Å². The van der Waals surface area contributed by atoms with Gasteiger partial charge in [-0.1, -0.05) is 0 Å². The van der Waals surface area contributed by atoms with Crippen molar-refractivity contribution in [1.29, 1.82) is 0 Å². The number of rotatable bonds is 6. The van der Waals surface area contributed by atoms with E-state index in [0.717, 1.165) is 5.69 Å². The molecule has 1 aromatic rings. The average molecular weight is 330 g/mol. The summed E-state index contributed by atoms with van der Waals surface area (Å²) in [6.07, 6.45) is 0. The number of nitrogens with one attached hydrogen (secondary N) is 1. The number of non-ortho nitro benzene ring substituents is 1. The highest BCUT2D eigenvalue weighted by atomic mass is 79.9. The zero-order valence-electron chi connectivity index (χ0n) is 10.9. The lowest BCUT2D eigenvalue weighted by Gasteiger charge is -2.23. The van der Waals surface area contributed by atoms with Gasteiger partial charge in [-0.15, -0.1) is 0 Å². The van der Waals surface area contributed by atoms with Crippen LogP contribution in [0.25, 0.3) is 0 Å². The molecule has 0 saturated carbocycles. The number of amides is 1. The van der Waals surface area contributed by atoms with Crippen LogP contribution in [0.1, 0.15) is 13.8 Å². The van der Waals surface area contributed by atoms with Crippen molar-refractivity contribution in [2.75, 3.05) is 24.5 Å². The molecule has 0 aliphatic rings. The Balaban J connectivity index is 2.92. The summed E-state index contributed by atoms with van der Waals surface area (Å²) in [5.74, 6) is -0.0744. The first-order chi connectivity index (χ1) is 8.99. The number of halogens is 1. The minimum Gasteiger partial charge on any atom is -0.362 e. The molecule has 1 N–H and O–H groups in total. The van der Waals surface area contributed by atoms with Gasteiger partial charge in [0.1, 0.15) is 0 Å². The van der Waals surface area contributed by atoms with Crippen LogP contribution in [0.3, 0.4) is 0 Å². The van der Waals surface area contributed by atoms with E-state index in [1.807, 2.05) is 18.7 Å². The summed E-state index contributed by atoms with van der Waals surface area (Å²) in [7, 11) is 0. The SMILES string of the molecule is CCNC(=O)CN(CC)c1ccc([N+](=O)[O-])cc1Br. The monoisotopic (exact) mass is 329 g/mol. The molecule has 0 aromatic heterocycles. The summed E-state index contributed by atoms with van der Waals surface area (Å²) in [6, 6.07) is 4.52. The summed E-state index contributed by atoms with van der Waals surface area (Å²) in [5, 5.41) is 13.4. The number of hydrogen-bond donors (Lipinski definition) is 1. The maximum Gasteiger partial charge on any atom is 0.270 e. The maximum atomic E-state index is 11.6. The summed E-state index contributed by atoms with van der Waals surface area (Å²) in [4.78, 5) is 23.7. The highest BCUT2D eigenvalue weighted by Gasteiger charge is 2.15. The third-order valence-electron chi connectivity index (χ3n) is 2.57. The Morgan fingerprint density at radius 2 is 2.16 bits per heavy atom. The lowest BCUT2D eigenvalue weighted by atomic mass is 10.2. The molecule has 7 heteroatoms. The van der Waals surface area contributed by atoms with Crippen LogP contribution in [-0.4, -0.2) is 30.5 Å². The second kappa shape index (κ2) is 7.08. The summed E-state index contributed by atoms with van der Waals surface area (Å²) in [6.45, 7) is 5.22. The number of anilines is 1. The number of benzene rings is 1. The van der Waals surface area contributed by atoms with E-state index in [4.69, 9.17) is 0 Å². The number of nitrogens with zero attached hydrogens (tertiary/aromatic N) is 2. The minimum absolute atomic E-state index is 0.0182. The Bertz CT molecular complexity index is 479. The van der Waals surface area contributed by atoms with Gasteiger partial charge < -0.3 is 10.2 Å².